The molecular weight excluding hydrogens is 416 g/mol. The highest BCUT2D eigenvalue weighted by Crippen LogP contribution is 2.30. The number of sulfonamides is 1. The number of nitro groups is 1. The summed E-state index contributed by atoms with van der Waals surface area (Å²) in [7, 11) is -3.89. The Bertz CT molecular complexity index is 894. The molecule has 0 atom stereocenters. The van der Waals surface area contributed by atoms with Crippen LogP contribution in [0.3, 0.4) is 0 Å². The number of imide groups is 1. The fourth-order valence-electron chi connectivity index (χ4n) is 3.23. The van der Waals surface area contributed by atoms with E-state index in [4.69, 9.17) is 4.74 Å². The molecule has 2 N–H and O–H groups in total. The van der Waals surface area contributed by atoms with Gasteiger partial charge in [0.05, 0.1) is 9.82 Å². The number of carbonyl (C=O) groups is 2. The van der Waals surface area contributed by atoms with Crippen LogP contribution >= 0.6 is 0 Å². The molecule has 12 heteroatoms. The lowest BCUT2D eigenvalue weighted by Gasteiger charge is -2.18. The molecule has 0 unspecified atom stereocenters. The topological polar surface area (TPSA) is 148 Å². The highest BCUT2D eigenvalue weighted by atomic mass is 32.2. The van der Waals surface area contributed by atoms with Crippen LogP contribution in [0, 0.1) is 10.1 Å². The fraction of sp³-hybridized carbons (Fsp3) is 0.556. The predicted octanol–water partition coefficient (Wildman–Crippen LogP) is 1.77. The van der Waals surface area contributed by atoms with Crippen molar-refractivity contribution >= 4 is 27.6 Å². The first kappa shape index (κ1) is 23.5. The third-order valence-electron chi connectivity index (χ3n) is 4.77. The van der Waals surface area contributed by atoms with Gasteiger partial charge in [-0.05, 0) is 25.0 Å². The van der Waals surface area contributed by atoms with Gasteiger partial charge in [0.1, 0.15) is 0 Å². The minimum atomic E-state index is -3.89. The molecule has 0 aliphatic heterocycles. The Morgan fingerprint density at radius 1 is 1.23 bits per heavy atom. The number of benzene rings is 1. The number of hydrogen-bond donors (Lipinski definition) is 2. The van der Waals surface area contributed by atoms with E-state index < -0.39 is 39.2 Å². The van der Waals surface area contributed by atoms with Crippen molar-refractivity contribution in [3.8, 4) is 5.75 Å². The van der Waals surface area contributed by atoms with Gasteiger partial charge in [-0.15, -0.1) is 0 Å². The molecule has 0 radical (unpaired) electrons. The van der Waals surface area contributed by atoms with Crippen LogP contribution in [0.4, 0.5) is 10.5 Å². The smallest absolute Gasteiger partial charge is 0.321 e. The molecule has 0 bridgehead atoms. The first-order valence-corrected chi connectivity index (χ1v) is 11.1. The van der Waals surface area contributed by atoms with Gasteiger partial charge in [-0.25, -0.2) is 13.2 Å². The molecule has 0 spiro atoms. The van der Waals surface area contributed by atoms with Gasteiger partial charge >= 0.3 is 11.7 Å². The van der Waals surface area contributed by atoms with E-state index in [1.807, 2.05) is 0 Å². The summed E-state index contributed by atoms with van der Waals surface area (Å²) in [6.45, 7) is 3.12. The van der Waals surface area contributed by atoms with Gasteiger partial charge in [0.2, 0.25) is 10.0 Å². The quantitative estimate of drug-likeness (QED) is 0.437. The summed E-state index contributed by atoms with van der Waals surface area (Å²) < 4.78 is 31.5. The Labute approximate surface area is 175 Å². The molecule has 1 aromatic carbocycles. The maximum Gasteiger partial charge on any atom is 0.321 e. The molecule has 30 heavy (non-hydrogen) atoms. The van der Waals surface area contributed by atoms with E-state index in [1.165, 1.54) is 10.4 Å². The number of amides is 3. The number of nitro benzene ring substituents is 1. The summed E-state index contributed by atoms with van der Waals surface area (Å²) in [5.74, 6) is -1.05. The van der Waals surface area contributed by atoms with Crippen molar-refractivity contribution in [2.24, 2.45) is 0 Å². The zero-order chi connectivity index (χ0) is 22.3. The van der Waals surface area contributed by atoms with Crippen LogP contribution in [0.25, 0.3) is 0 Å². The van der Waals surface area contributed by atoms with Gasteiger partial charge < -0.3 is 10.1 Å². The van der Waals surface area contributed by atoms with Crippen LogP contribution in [0.15, 0.2) is 23.1 Å². The molecule has 1 aliphatic carbocycles. The second-order valence-corrected chi connectivity index (χ2v) is 8.71. The van der Waals surface area contributed by atoms with Crippen LogP contribution in [-0.2, 0) is 14.8 Å². The van der Waals surface area contributed by atoms with Crippen molar-refractivity contribution in [1.82, 2.24) is 14.9 Å². The second kappa shape index (κ2) is 10.3. The first-order chi connectivity index (χ1) is 14.2. The molecule has 1 saturated carbocycles. The number of nitrogens with zero attached hydrogens (tertiary/aromatic N) is 2. The molecule has 3 amide bonds. The van der Waals surface area contributed by atoms with E-state index >= 15 is 0 Å². The molecule has 1 fully saturated rings. The monoisotopic (exact) mass is 442 g/mol. The fourth-order valence-corrected chi connectivity index (χ4v) is 4.71. The third kappa shape index (κ3) is 5.89. The summed E-state index contributed by atoms with van der Waals surface area (Å²) in [5.41, 5.74) is -0.591. The number of rotatable bonds is 9. The molecule has 0 aromatic heterocycles. The van der Waals surface area contributed by atoms with Crippen molar-refractivity contribution in [2.75, 3.05) is 19.7 Å². The Morgan fingerprint density at radius 2 is 1.87 bits per heavy atom. The Kier molecular flexibility index (Phi) is 8.12. The minimum absolute atomic E-state index is 0.0279. The van der Waals surface area contributed by atoms with E-state index in [0.29, 0.717) is 0 Å². The first-order valence-electron chi connectivity index (χ1n) is 9.70. The highest BCUT2D eigenvalue weighted by molar-refractivity contribution is 7.89. The van der Waals surface area contributed by atoms with Crippen LogP contribution < -0.4 is 15.4 Å². The van der Waals surface area contributed by atoms with E-state index in [0.717, 1.165) is 37.8 Å². The maximum absolute atomic E-state index is 12.6. The van der Waals surface area contributed by atoms with E-state index in [2.05, 4.69) is 10.6 Å². The van der Waals surface area contributed by atoms with E-state index in [9.17, 15) is 28.1 Å². The van der Waals surface area contributed by atoms with Crippen molar-refractivity contribution in [2.45, 2.75) is 50.5 Å². The van der Waals surface area contributed by atoms with Gasteiger partial charge in [-0.1, -0.05) is 26.7 Å². The van der Waals surface area contributed by atoms with Gasteiger partial charge in [0.25, 0.3) is 5.91 Å². The molecule has 0 heterocycles. The highest BCUT2D eigenvalue weighted by Gasteiger charge is 2.26. The van der Waals surface area contributed by atoms with Gasteiger partial charge in [0, 0.05) is 25.2 Å². The maximum atomic E-state index is 12.6. The van der Waals surface area contributed by atoms with Crippen molar-refractivity contribution < 1.29 is 27.7 Å². The molecule has 1 aromatic rings. The summed E-state index contributed by atoms with van der Waals surface area (Å²) in [5, 5.41) is 16.2. The standard InChI is InChI=1S/C18H26N4O7S/c1-3-21(4-2)30(27,28)14-9-10-16(15(11-14)22(25)26)29-12-17(23)20-18(24)19-13-7-5-6-8-13/h9-11,13H,3-8,12H2,1-2H3,(H2,19,20,23,24). The van der Waals surface area contributed by atoms with Gasteiger partial charge in [0.15, 0.2) is 12.4 Å². The van der Waals surface area contributed by atoms with E-state index in [-0.39, 0.29) is 29.8 Å². The molecule has 2 rings (SSSR count). The van der Waals surface area contributed by atoms with Crippen molar-refractivity contribution in [3.63, 3.8) is 0 Å². The number of ether oxygens (including phenoxy) is 1. The third-order valence-corrected chi connectivity index (χ3v) is 6.82. The van der Waals surface area contributed by atoms with Crippen molar-refractivity contribution in [1.29, 1.82) is 0 Å². The van der Waals surface area contributed by atoms with Crippen LogP contribution in [-0.4, -0.2) is 55.3 Å². The number of nitrogens with one attached hydrogen (secondary N) is 2. The average molecular weight is 442 g/mol. The Hall–Kier alpha value is -2.73. The van der Waals surface area contributed by atoms with E-state index in [1.54, 1.807) is 13.8 Å². The van der Waals surface area contributed by atoms with Gasteiger partial charge in [-0.2, -0.15) is 4.31 Å². The predicted molar refractivity (Wildman–Crippen MR) is 108 cm³/mol. The minimum Gasteiger partial charge on any atom is -0.477 e. The van der Waals surface area contributed by atoms with Crippen molar-refractivity contribution in [3.05, 3.63) is 28.3 Å². The Balaban J connectivity index is 2.05. The zero-order valence-corrected chi connectivity index (χ0v) is 17.7. The summed E-state index contributed by atoms with van der Waals surface area (Å²) in [6.07, 6.45) is 3.75. The number of hydrogen-bond acceptors (Lipinski definition) is 7. The molecular formula is C18H26N4O7S. The molecule has 166 valence electrons. The number of urea groups is 1. The summed E-state index contributed by atoms with van der Waals surface area (Å²) >= 11 is 0. The average Bonchev–Trinajstić information content (AvgIpc) is 3.19. The lowest BCUT2D eigenvalue weighted by molar-refractivity contribution is -0.386. The lowest BCUT2D eigenvalue weighted by Crippen LogP contribution is -2.45. The van der Waals surface area contributed by atoms with Gasteiger partial charge in [-0.3, -0.25) is 20.2 Å². The normalized spacial score (nSPS) is 14.5. The largest absolute Gasteiger partial charge is 0.477 e. The SMILES string of the molecule is CCN(CC)S(=O)(=O)c1ccc(OCC(=O)NC(=O)NC2CCCC2)c([N+](=O)[O-])c1. The molecule has 0 saturated heterocycles. The molecule has 1 aliphatic rings. The molecule has 11 nitrogen and oxygen atoms in total. The zero-order valence-electron chi connectivity index (χ0n) is 16.9. The summed E-state index contributed by atoms with van der Waals surface area (Å²) in [4.78, 5) is 34.0. The lowest BCUT2D eigenvalue weighted by atomic mass is 10.2. The van der Waals surface area contributed by atoms with Crippen LogP contribution in [0.5, 0.6) is 5.75 Å². The second-order valence-electron chi connectivity index (χ2n) is 6.77. The summed E-state index contributed by atoms with van der Waals surface area (Å²) in [6, 6.07) is 2.58. The van der Waals surface area contributed by atoms with Crippen LogP contribution in [0.1, 0.15) is 39.5 Å². The number of carbonyl (C=O) groups excluding carboxylic acids is 2. The van der Waals surface area contributed by atoms with Crippen LogP contribution in [0.2, 0.25) is 0 Å². The Morgan fingerprint density at radius 3 is 2.43 bits per heavy atom.